The van der Waals surface area contributed by atoms with Crippen LogP contribution in [0.2, 0.25) is 5.02 Å². The molecule has 0 fully saturated rings. The summed E-state index contributed by atoms with van der Waals surface area (Å²) in [7, 11) is 0. The van der Waals surface area contributed by atoms with E-state index in [1.54, 1.807) is 0 Å². The van der Waals surface area contributed by atoms with Crippen molar-refractivity contribution in [3.05, 3.63) is 62.3 Å². The number of fused-ring (bicyclic) bond motifs is 1. The smallest absolute Gasteiger partial charge is 0.178 e. The van der Waals surface area contributed by atoms with Crippen molar-refractivity contribution in [1.82, 2.24) is 9.55 Å². The molecule has 0 aliphatic rings. The van der Waals surface area contributed by atoms with Crippen LogP contribution < -0.4 is 0 Å². The lowest BCUT2D eigenvalue weighted by Gasteiger charge is -2.15. The lowest BCUT2D eigenvalue weighted by Crippen LogP contribution is -2.06. The molecule has 1 aromatic heterocycles. The van der Waals surface area contributed by atoms with Crippen LogP contribution in [0, 0.1) is 4.77 Å². The molecular weight excluding hydrogens is 356 g/mol. The standard InChI is InChI=1S/C15H12BrClN2S/c1-9(10-2-4-11(16)5-3-10)19-14-8-12(17)6-7-13(14)18-15(19)20/h2-9H,1H3,(H,18,20). The molecule has 0 amide bonds. The van der Waals surface area contributed by atoms with E-state index >= 15 is 0 Å². The van der Waals surface area contributed by atoms with E-state index in [0.29, 0.717) is 9.79 Å². The Morgan fingerprint density at radius 2 is 1.90 bits per heavy atom. The minimum Gasteiger partial charge on any atom is -0.331 e. The molecule has 1 N–H and O–H groups in total. The minimum atomic E-state index is 0.141. The molecule has 0 aliphatic carbocycles. The molecule has 3 rings (SSSR count). The quantitative estimate of drug-likeness (QED) is 0.574. The van der Waals surface area contributed by atoms with E-state index in [1.807, 2.05) is 30.3 Å². The lowest BCUT2D eigenvalue weighted by atomic mass is 10.1. The van der Waals surface area contributed by atoms with E-state index in [4.69, 9.17) is 23.8 Å². The molecule has 0 aliphatic heterocycles. The Morgan fingerprint density at radius 1 is 1.20 bits per heavy atom. The number of hydrogen-bond acceptors (Lipinski definition) is 1. The number of nitrogens with zero attached hydrogens (tertiary/aromatic N) is 1. The highest BCUT2D eigenvalue weighted by atomic mass is 79.9. The number of aromatic amines is 1. The summed E-state index contributed by atoms with van der Waals surface area (Å²) in [5.74, 6) is 0. The average molecular weight is 368 g/mol. The third kappa shape index (κ3) is 2.43. The van der Waals surface area contributed by atoms with E-state index in [9.17, 15) is 0 Å². The van der Waals surface area contributed by atoms with Gasteiger partial charge in [0.15, 0.2) is 4.77 Å². The van der Waals surface area contributed by atoms with Gasteiger partial charge in [-0.3, -0.25) is 0 Å². The Kier molecular flexibility index (Phi) is 3.71. The SMILES string of the molecule is CC(c1ccc(Br)cc1)n1c(=S)[nH]c2ccc(Cl)cc21. The molecule has 2 aromatic carbocycles. The van der Waals surface area contributed by atoms with E-state index in [0.717, 1.165) is 15.5 Å². The predicted octanol–water partition coefficient (Wildman–Crippen LogP) is 5.72. The predicted molar refractivity (Wildman–Crippen MR) is 90.1 cm³/mol. The number of halogens is 2. The molecule has 0 radical (unpaired) electrons. The largest absolute Gasteiger partial charge is 0.331 e. The van der Waals surface area contributed by atoms with Crippen LogP contribution in [0.5, 0.6) is 0 Å². The number of hydrogen-bond donors (Lipinski definition) is 1. The maximum Gasteiger partial charge on any atom is 0.178 e. The first-order valence-corrected chi connectivity index (χ1v) is 7.79. The van der Waals surface area contributed by atoms with Crippen LogP contribution in [0.4, 0.5) is 0 Å². The van der Waals surface area contributed by atoms with Gasteiger partial charge in [-0.2, -0.15) is 0 Å². The highest BCUT2D eigenvalue weighted by Crippen LogP contribution is 2.27. The second kappa shape index (κ2) is 5.35. The zero-order valence-electron chi connectivity index (χ0n) is 10.7. The molecule has 0 bridgehead atoms. The summed E-state index contributed by atoms with van der Waals surface area (Å²) in [5, 5.41) is 0.711. The summed E-state index contributed by atoms with van der Waals surface area (Å²) in [4.78, 5) is 3.23. The van der Waals surface area contributed by atoms with Gasteiger partial charge in [-0.25, -0.2) is 0 Å². The Balaban J connectivity index is 2.18. The fourth-order valence-corrected chi connectivity index (χ4v) is 3.17. The highest BCUT2D eigenvalue weighted by Gasteiger charge is 2.13. The molecule has 1 atom stereocenters. The van der Waals surface area contributed by atoms with E-state index in [2.05, 4.69) is 44.5 Å². The maximum absolute atomic E-state index is 6.10. The third-order valence-electron chi connectivity index (χ3n) is 3.42. The van der Waals surface area contributed by atoms with Crippen LogP contribution >= 0.6 is 39.7 Å². The second-order valence-electron chi connectivity index (χ2n) is 4.69. The molecule has 1 heterocycles. The third-order valence-corrected chi connectivity index (χ3v) is 4.48. The Morgan fingerprint density at radius 3 is 2.60 bits per heavy atom. The molecule has 3 aromatic rings. The first-order chi connectivity index (χ1) is 9.56. The summed E-state index contributed by atoms with van der Waals surface area (Å²) >= 11 is 15.0. The van der Waals surface area contributed by atoms with Crippen LogP contribution in [0.15, 0.2) is 46.9 Å². The first kappa shape index (κ1) is 13.9. The summed E-state index contributed by atoms with van der Waals surface area (Å²) in [6.07, 6.45) is 0. The van der Waals surface area contributed by atoms with Crippen LogP contribution in [-0.4, -0.2) is 9.55 Å². The van der Waals surface area contributed by atoms with Crippen LogP contribution in [0.1, 0.15) is 18.5 Å². The van der Waals surface area contributed by atoms with E-state index in [-0.39, 0.29) is 6.04 Å². The maximum atomic E-state index is 6.10. The van der Waals surface area contributed by atoms with Crippen molar-refractivity contribution < 1.29 is 0 Å². The van der Waals surface area contributed by atoms with Gasteiger partial charge < -0.3 is 9.55 Å². The fraction of sp³-hybridized carbons (Fsp3) is 0.133. The van der Waals surface area contributed by atoms with Crippen molar-refractivity contribution in [2.24, 2.45) is 0 Å². The van der Waals surface area contributed by atoms with Crippen molar-refractivity contribution in [2.45, 2.75) is 13.0 Å². The van der Waals surface area contributed by atoms with Crippen LogP contribution in [-0.2, 0) is 0 Å². The number of H-pyrrole nitrogens is 1. The molecule has 102 valence electrons. The molecule has 0 spiro atoms. The highest BCUT2D eigenvalue weighted by molar-refractivity contribution is 9.10. The summed E-state index contributed by atoms with van der Waals surface area (Å²) in [6, 6.07) is 14.2. The van der Waals surface area contributed by atoms with Crippen molar-refractivity contribution >= 4 is 50.8 Å². The van der Waals surface area contributed by atoms with Crippen molar-refractivity contribution in [3.8, 4) is 0 Å². The Bertz CT molecular complexity index is 820. The normalized spacial score (nSPS) is 12.8. The van der Waals surface area contributed by atoms with E-state index in [1.165, 1.54) is 5.56 Å². The number of benzene rings is 2. The number of rotatable bonds is 2. The molecule has 2 nitrogen and oxygen atoms in total. The first-order valence-electron chi connectivity index (χ1n) is 6.21. The van der Waals surface area contributed by atoms with Gasteiger partial charge in [-0.05, 0) is 55.0 Å². The number of aromatic nitrogens is 2. The summed E-state index contributed by atoms with van der Waals surface area (Å²) < 4.78 is 3.87. The minimum absolute atomic E-state index is 0.141. The van der Waals surface area contributed by atoms with Crippen molar-refractivity contribution in [2.75, 3.05) is 0 Å². The Labute approximate surface area is 135 Å². The number of nitrogens with one attached hydrogen (secondary N) is 1. The molecule has 0 saturated carbocycles. The fourth-order valence-electron chi connectivity index (χ4n) is 2.37. The zero-order valence-corrected chi connectivity index (χ0v) is 13.9. The van der Waals surface area contributed by atoms with Gasteiger partial charge in [0.1, 0.15) is 0 Å². The lowest BCUT2D eigenvalue weighted by molar-refractivity contribution is 0.649. The molecule has 20 heavy (non-hydrogen) atoms. The van der Waals surface area contributed by atoms with Crippen molar-refractivity contribution in [1.29, 1.82) is 0 Å². The van der Waals surface area contributed by atoms with Crippen LogP contribution in [0.25, 0.3) is 11.0 Å². The second-order valence-corrected chi connectivity index (χ2v) is 6.43. The van der Waals surface area contributed by atoms with Crippen molar-refractivity contribution in [3.63, 3.8) is 0 Å². The zero-order chi connectivity index (χ0) is 14.3. The van der Waals surface area contributed by atoms with Crippen LogP contribution in [0.3, 0.4) is 0 Å². The molecular formula is C15H12BrClN2S. The van der Waals surface area contributed by atoms with Gasteiger partial charge in [-0.15, -0.1) is 0 Å². The van der Waals surface area contributed by atoms with Gasteiger partial charge in [0, 0.05) is 9.50 Å². The molecule has 1 unspecified atom stereocenters. The van der Waals surface area contributed by atoms with E-state index < -0.39 is 0 Å². The topological polar surface area (TPSA) is 20.7 Å². The summed E-state index contributed by atoms with van der Waals surface area (Å²) in [5.41, 5.74) is 3.23. The average Bonchev–Trinajstić information content (AvgIpc) is 2.74. The van der Waals surface area contributed by atoms with Gasteiger partial charge in [-0.1, -0.05) is 39.7 Å². The van der Waals surface area contributed by atoms with Gasteiger partial charge in [0.2, 0.25) is 0 Å². The molecule has 0 saturated heterocycles. The Hall–Kier alpha value is -1.10. The summed E-state index contributed by atoms with van der Waals surface area (Å²) in [6.45, 7) is 2.13. The van der Waals surface area contributed by atoms with Gasteiger partial charge in [0.05, 0.1) is 17.1 Å². The van der Waals surface area contributed by atoms with Gasteiger partial charge in [0.25, 0.3) is 0 Å². The number of imidazole rings is 1. The van der Waals surface area contributed by atoms with Gasteiger partial charge >= 0.3 is 0 Å². The molecule has 5 heteroatoms. The monoisotopic (exact) mass is 366 g/mol.